The Bertz CT molecular complexity index is 511. The van der Waals surface area contributed by atoms with Crippen LogP contribution in [0.2, 0.25) is 5.15 Å². The molecule has 6 heteroatoms. The molecule has 0 aliphatic carbocycles. The fourth-order valence-electron chi connectivity index (χ4n) is 1.92. The van der Waals surface area contributed by atoms with Crippen LogP contribution in [0.15, 0.2) is 6.07 Å². The predicted molar refractivity (Wildman–Crippen MR) is 71.6 cm³/mol. The first-order chi connectivity index (χ1) is 8.76. The van der Waals surface area contributed by atoms with Crippen molar-refractivity contribution in [2.75, 3.05) is 6.61 Å². The van der Waals surface area contributed by atoms with Crippen LogP contribution in [-0.2, 0) is 4.74 Å². The van der Waals surface area contributed by atoms with E-state index < -0.39 is 11.7 Å². The van der Waals surface area contributed by atoms with E-state index in [0.29, 0.717) is 17.5 Å². The summed E-state index contributed by atoms with van der Waals surface area (Å²) >= 11 is 5.93. The third-order valence-corrected chi connectivity index (χ3v) is 2.79. The summed E-state index contributed by atoms with van der Waals surface area (Å²) in [7, 11) is 0. The number of carbonyl (C=O) groups is 1. The Hall–Kier alpha value is -1.49. The molecular formula is C13H17ClN2O3. The number of nitrogens with zero attached hydrogens (tertiary/aromatic N) is 1. The molecule has 1 N–H and O–H groups in total. The predicted octanol–water partition coefficient (Wildman–Crippen LogP) is 3.00. The summed E-state index contributed by atoms with van der Waals surface area (Å²) < 4.78 is 10.8. The molecule has 0 bridgehead atoms. The smallest absolute Gasteiger partial charge is 0.408 e. The number of aromatic nitrogens is 1. The SMILES string of the molecule is Cc1nc(Cl)cc2c1OCC2NC(=O)OC(C)(C)C. The maximum Gasteiger partial charge on any atom is 0.408 e. The molecule has 0 radical (unpaired) electrons. The zero-order valence-corrected chi connectivity index (χ0v) is 12.2. The van der Waals surface area contributed by atoms with E-state index in [1.165, 1.54) is 0 Å². The third kappa shape index (κ3) is 3.29. The van der Waals surface area contributed by atoms with Crippen molar-refractivity contribution in [3.63, 3.8) is 0 Å². The zero-order chi connectivity index (χ0) is 14.2. The largest absolute Gasteiger partial charge is 0.489 e. The summed E-state index contributed by atoms with van der Waals surface area (Å²) in [6, 6.07) is 1.45. The normalized spacial score (nSPS) is 17.6. The molecule has 1 atom stereocenters. The van der Waals surface area contributed by atoms with Gasteiger partial charge in [0.2, 0.25) is 0 Å². The van der Waals surface area contributed by atoms with Crippen molar-refractivity contribution in [3.8, 4) is 5.75 Å². The van der Waals surface area contributed by atoms with Gasteiger partial charge in [0.05, 0.1) is 11.7 Å². The maximum atomic E-state index is 11.8. The van der Waals surface area contributed by atoms with E-state index in [9.17, 15) is 4.79 Å². The number of hydrogen-bond acceptors (Lipinski definition) is 4. The number of carbonyl (C=O) groups excluding carboxylic acids is 1. The second-order valence-electron chi connectivity index (χ2n) is 5.46. The molecule has 1 aromatic rings. The monoisotopic (exact) mass is 284 g/mol. The van der Waals surface area contributed by atoms with Gasteiger partial charge in [-0.2, -0.15) is 0 Å². The van der Waals surface area contributed by atoms with E-state index in [2.05, 4.69) is 10.3 Å². The lowest BCUT2D eigenvalue weighted by Crippen LogP contribution is -2.35. The number of nitrogens with one attached hydrogen (secondary N) is 1. The minimum Gasteiger partial charge on any atom is -0.489 e. The molecule has 0 spiro atoms. The van der Waals surface area contributed by atoms with Gasteiger partial charge < -0.3 is 14.8 Å². The van der Waals surface area contributed by atoms with Crippen LogP contribution in [0.5, 0.6) is 5.75 Å². The van der Waals surface area contributed by atoms with Crippen molar-refractivity contribution in [2.24, 2.45) is 0 Å². The molecule has 5 nitrogen and oxygen atoms in total. The van der Waals surface area contributed by atoms with Gasteiger partial charge in [-0.25, -0.2) is 9.78 Å². The molecule has 19 heavy (non-hydrogen) atoms. The van der Waals surface area contributed by atoms with E-state index in [1.54, 1.807) is 6.07 Å². The van der Waals surface area contributed by atoms with Crippen molar-refractivity contribution in [1.82, 2.24) is 10.3 Å². The summed E-state index contributed by atoms with van der Waals surface area (Å²) in [4.78, 5) is 15.9. The number of amides is 1. The van der Waals surface area contributed by atoms with Crippen LogP contribution >= 0.6 is 11.6 Å². The van der Waals surface area contributed by atoms with Crippen LogP contribution in [0.25, 0.3) is 0 Å². The van der Waals surface area contributed by atoms with Gasteiger partial charge in [0.25, 0.3) is 0 Å². The average molecular weight is 285 g/mol. The summed E-state index contributed by atoms with van der Waals surface area (Å²) in [5, 5.41) is 3.16. The quantitative estimate of drug-likeness (QED) is 0.805. The van der Waals surface area contributed by atoms with Crippen molar-refractivity contribution < 1.29 is 14.3 Å². The molecule has 0 saturated carbocycles. The fourth-order valence-corrected chi connectivity index (χ4v) is 2.16. The molecule has 1 amide bonds. The van der Waals surface area contributed by atoms with Gasteiger partial charge in [0.15, 0.2) is 0 Å². The first-order valence-electron chi connectivity index (χ1n) is 6.05. The number of aryl methyl sites for hydroxylation is 1. The number of pyridine rings is 1. The van der Waals surface area contributed by atoms with Crippen LogP contribution in [0, 0.1) is 6.92 Å². The van der Waals surface area contributed by atoms with Gasteiger partial charge in [-0.15, -0.1) is 0 Å². The molecule has 0 aromatic carbocycles. The van der Waals surface area contributed by atoms with E-state index >= 15 is 0 Å². The number of rotatable bonds is 1. The first-order valence-corrected chi connectivity index (χ1v) is 6.43. The number of halogens is 1. The van der Waals surface area contributed by atoms with Gasteiger partial charge in [0, 0.05) is 5.56 Å². The molecule has 2 rings (SSSR count). The lowest BCUT2D eigenvalue weighted by Gasteiger charge is -2.21. The number of ether oxygens (including phenoxy) is 2. The van der Waals surface area contributed by atoms with Crippen LogP contribution in [0.1, 0.15) is 38.1 Å². The molecule has 1 unspecified atom stereocenters. The highest BCUT2D eigenvalue weighted by Gasteiger charge is 2.29. The Labute approximate surface area is 117 Å². The number of hydrogen-bond donors (Lipinski definition) is 1. The summed E-state index contributed by atoms with van der Waals surface area (Å²) in [6.45, 7) is 7.63. The Morgan fingerprint density at radius 2 is 2.26 bits per heavy atom. The average Bonchev–Trinajstić information content (AvgIpc) is 2.58. The van der Waals surface area contributed by atoms with Crippen LogP contribution in [-0.4, -0.2) is 23.3 Å². The van der Waals surface area contributed by atoms with Gasteiger partial charge in [-0.3, -0.25) is 0 Å². The highest BCUT2D eigenvalue weighted by molar-refractivity contribution is 6.29. The molecular weight excluding hydrogens is 268 g/mol. The van der Waals surface area contributed by atoms with Crippen molar-refractivity contribution in [2.45, 2.75) is 39.3 Å². The minimum absolute atomic E-state index is 0.260. The lowest BCUT2D eigenvalue weighted by molar-refractivity contribution is 0.0497. The van der Waals surface area contributed by atoms with Crippen molar-refractivity contribution in [1.29, 1.82) is 0 Å². The Kier molecular flexibility index (Phi) is 3.58. The number of fused-ring (bicyclic) bond motifs is 1. The molecule has 1 aromatic heterocycles. The van der Waals surface area contributed by atoms with Gasteiger partial charge in [-0.1, -0.05) is 11.6 Å². The first kappa shape index (κ1) is 13.9. The van der Waals surface area contributed by atoms with E-state index in [4.69, 9.17) is 21.1 Å². The molecule has 0 fully saturated rings. The second-order valence-corrected chi connectivity index (χ2v) is 5.85. The molecule has 0 saturated heterocycles. The van der Waals surface area contributed by atoms with Crippen LogP contribution < -0.4 is 10.1 Å². The summed E-state index contributed by atoms with van der Waals surface area (Å²) in [5.74, 6) is 0.686. The van der Waals surface area contributed by atoms with E-state index in [0.717, 1.165) is 11.3 Å². The summed E-state index contributed by atoms with van der Waals surface area (Å²) in [5.41, 5.74) is 1.03. The lowest BCUT2D eigenvalue weighted by atomic mass is 10.1. The Balaban J connectivity index is 2.13. The fraction of sp³-hybridized carbons (Fsp3) is 0.538. The minimum atomic E-state index is -0.530. The Morgan fingerprint density at radius 1 is 1.58 bits per heavy atom. The standard InChI is InChI=1S/C13H17ClN2O3/c1-7-11-8(5-10(14)15-7)9(6-18-11)16-12(17)19-13(2,3)4/h5,9H,6H2,1-4H3,(H,16,17). The molecule has 104 valence electrons. The van der Waals surface area contributed by atoms with Gasteiger partial charge in [-0.05, 0) is 33.8 Å². The summed E-state index contributed by atoms with van der Waals surface area (Å²) in [6.07, 6.45) is -0.473. The molecule has 1 aliphatic rings. The number of alkyl carbamates (subject to hydrolysis) is 1. The van der Waals surface area contributed by atoms with Crippen LogP contribution in [0.3, 0.4) is 0 Å². The van der Waals surface area contributed by atoms with Gasteiger partial charge >= 0.3 is 6.09 Å². The zero-order valence-electron chi connectivity index (χ0n) is 11.4. The third-order valence-electron chi connectivity index (χ3n) is 2.60. The van der Waals surface area contributed by atoms with Gasteiger partial charge in [0.1, 0.15) is 23.1 Å². The topological polar surface area (TPSA) is 60.5 Å². The Morgan fingerprint density at radius 3 is 2.89 bits per heavy atom. The second kappa shape index (κ2) is 4.89. The van der Waals surface area contributed by atoms with Crippen LogP contribution in [0.4, 0.5) is 4.79 Å². The molecule has 2 heterocycles. The van der Waals surface area contributed by atoms with Crippen molar-refractivity contribution in [3.05, 3.63) is 22.5 Å². The highest BCUT2D eigenvalue weighted by Crippen LogP contribution is 2.35. The maximum absolute atomic E-state index is 11.8. The van der Waals surface area contributed by atoms with E-state index in [-0.39, 0.29) is 6.04 Å². The van der Waals surface area contributed by atoms with Crippen molar-refractivity contribution >= 4 is 17.7 Å². The highest BCUT2D eigenvalue weighted by atomic mass is 35.5. The molecule has 1 aliphatic heterocycles. The van der Waals surface area contributed by atoms with E-state index in [1.807, 2.05) is 27.7 Å².